The van der Waals surface area contributed by atoms with E-state index in [4.69, 9.17) is 4.74 Å². The number of hydrogen-bond donors (Lipinski definition) is 3. The molecular formula is C27H34N4O2. The van der Waals surface area contributed by atoms with Crippen LogP contribution in [0.1, 0.15) is 57.4 Å². The van der Waals surface area contributed by atoms with Crippen molar-refractivity contribution >= 4 is 28.3 Å². The Balaban J connectivity index is 1.30. The van der Waals surface area contributed by atoms with Crippen molar-refractivity contribution in [3.63, 3.8) is 0 Å². The van der Waals surface area contributed by atoms with E-state index in [1.165, 1.54) is 49.7 Å². The summed E-state index contributed by atoms with van der Waals surface area (Å²) in [7, 11) is 0. The van der Waals surface area contributed by atoms with Crippen molar-refractivity contribution in [1.82, 2.24) is 9.88 Å². The minimum absolute atomic E-state index is 0.0847. The second-order valence-corrected chi connectivity index (χ2v) is 9.47. The number of ether oxygens (including phenoxy) is 1. The van der Waals surface area contributed by atoms with Gasteiger partial charge in [0.15, 0.2) is 0 Å². The van der Waals surface area contributed by atoms with Gasteiger partial charge in [-0.2, -0.15) is 0 Å². The lowest BCUT2D eigenvalue weighted by Crippen LogP contribution is -2.37. The number of amides is 2. The van der Waals surface area contributed by atoms with Crippen LogP contribution in [0.3, 0.4) is 0 Å². The SMILES string of the molecule is CCC(C)Oc1ccccc1NC(=O)Nc1ccc2[nH]cc(C3CCN4CCCC4C3)c2c1. The first-order valence-electron chi connectivity index (χ1n) is 12.3. The third-order valence-electron chi connectivity index (χ3n) is 7.27. The number of aromatic amines is 1. The zero-order valence-electron chi connectivity index (χ0n) is 19.6. The minimum atomic E-state index is -0.272. The molecule has 0 aliphatic carbocycles. The second kappa shape index (κ2) is 9.48. The van der Waals surface area contributed by atoms with E-state index in [9.17, 15) is 4.79 Å². The fourth-order valence-corrected chi connectivity index (χ4v) is 5.32. The Morgan fingerprint density at radius 1 is 1.18 bits per heavy atom. The van der Waals surface area contributed by atoms with Gasteiger partial charge in [-0.05, 0) is 93.9 Å². The van der Waals surface area contributed by atoms with Gasteiger partial charge in [0.25, 0.3) is 0 Å². The first-order valence-corrected chi connectivity index (χ1v) is 12.3. The number of carbonyl (C=O) groups is 1. The quantitative estimate of drug-likeness (QED) is 0.414. The highest BCUT2D eigenvalue weighted by atomic mass is 16.5. The summed E-state index contributed by atoms with van der Waals surface area (Å²) in [5.41, 5.74) is 3.96. The lowest BCUT2D eigenvalue weighted by Gasteiger charge is -2.34. The number of rotatable bonds is 6. The number of anilines is 2. The third-order valence-corrected chi connectivity index (χ3v) is 7.27. The molecule has 3 heterocycles. The minimum Gasteiger partial charge on any atom is -0.489 e. The van der Waals surface area contributed by atoms with Gasteiger partial charge in [0.1, 0.15) is 5.75 Å². The molecule has 0 saturated carbocycles. The van der Waals surface area contributed by atoms with Gasteiger partial charge in [0.2, 0.25) is 0 Å². The summed E-state index contributed by atoms with van der Waals surface area (Å²) in [5, 5.41) is 7.16. The lowest BCUT2D eigenvalue weighted by molar-refractivity contribution is 0.181. The molecule has 5 rings (SSSR count). The molecular weight excluding hydrogens is 412 g/mol. The van der Waals surface area contributed by atoms with Gasteiger partial charge >= 0.3 is 6.03 Å². The van der Waals surface area contributed by atoms with Gasteiger partial charge in [0.05, 0.1) is 11.8 Å². The van der Waals surface area contributed by atoms with Crippen molar-refractivity contribution in [1.29, 1.82) is 0 Å². The number of fused-ring (bicyclic) bond motifs is 2. The van der Waals surface area contributed by atoms with Crippen LogP contribution in [0.25, 0.3) is 10.9 Å². The molecule has 2 fully saturated rings. The molecule has 0 radical (unpaired) electrons. The molecule has 2 saturated heterocycles. The van der Waals surface area contributed by atoms with Crippen LogP contribution >= 0.6 is 0 Å². The molecule has 2 aliphatic rings. The van der Waals surface area contributed by atoms with Crippen molar-refractivity contribution in [2.45, 2.75) is 64.0 Å². The molecule has 1 aromatic heterocycles. The number of piperidine rings is 1. The predicted octanol–water partition coefficient (Wildman–Crippen LogP) is 6.33. The maximum absolute atomic E-state index is 12.8. The van der Waals surface area contributed by atoms with Crippen LogP contribution in [-0.2, 0) is 0 Å². The molecule has 33 heavy (non-hydrogen) atoms. The van der Waals surface area contributed by atoms with E-state index >= 15 is 0 Å². The predicted molar refractivity (Wildman–Crippen MR) is 134 cm³/mol. The summed E-state index contributed by atoms with van der Waals surface area (Å²) in [4.78, 5) is 18.9. The van der Waals surface area contributed by atoms with Crippen LogP contribution in [0, 0.1) is 0 Å². The molecule has 174 valence electrons. The topological polar surface area (TPSA) is 69.4 Å². The van der Waals surface area contributed by atoms with E-state index in [0.717, 1.165) is 23.7 Å². The van der Waals surface area contributed by atoms with Crippen molar-refractivity contribution in [2.24, 2.45) is 0 Å². The van der Waals surface area contributed by atoms with Crippen LogP contribution in [0.4, 0.5) is 16.2 Å². The molecule has 2 aliphatic heterocycles. The van der Waals surface area contributed by atoms with Gasteiger partial charge in [0, 0.05) is 28.8 Å². The van der Waals surface area contributed by atoms with Gasteiger partial charge < -0.3 is 25.3 Å². The Morgan fingerprint density at radius 2 is 2.06 bits per heavy atom. The van der Waals surface area contributed by atoms with Crippen molar-refractivity contribution in [3.05, 3.63) is 54.2 Å². The van der Waals surface area contributed by atoms with Gasteiger partial charge in [-0.3, -0.25) is 0 Å². The first kappa shape index (κ1) is 21.8. The highest BCUT2D eigenvalue weighted by Crippen LogP contribution is 2.39. The molecule has 6 heteroatoms. The average molecular weight is 447 g/mol. The summed E-state index contributed by atoms with van der Waals surface area (Å²) >= 11 is 0. The Morgan fingerprint density at radius 3 is 2.94 bits per heavy atom. The lowest BCUT2D eigenvalue weighted by atomic mass is 9.85. The third kappa shape index (κ3) is 4.71. The Hall–Kier alpha value is -2.99. The fourth-order valence-electron chi connectivity index (χ4n) is 5.32. The zero-order valence-corrected chi connectivity index (χ0v) is 19.6. The first-order chi connectivity index (χ1) is 16.1. The van der Waals surface area contributed by atoms with E-state index in [1.807, 2.05) is 37.3 Å². The number of hydrogen-bond acceptors (Lipinski definition) is 3. The van der Waals surface area contributed by atoms with Crippen LogP contribution < -0.4 is 15.4 Å². The molecule has 0 bridgehead atoms. The fraction of sp³-hybridized carbons (Fsp3) is 0.444. The van der Waals surface area contributed by atoms with Crippen molar-refractivity contribution in [3.8, 4) is 5.75 Å². The molecule has 2 amide bonds. The maximum atomic E-state index is 12.8. The number of aromatic nitrogens is 1. The molecule has 3 unspecified atom stereocenters. The summed E-state index contributed by atoms with van der Waals surface area (Å²) < 4.78 is 5.96. The monoisotopic (exact) mass is 446 g/mol. The molecule has 2 aromatic carbocycles. The normalized spacial score (nSPS) is 21.5. The summed E-state index contributed by atoms with van der Waals surface area (Å²) in [5.74, 6) is 1.26. The van der Waals surface area contributed by atoms with Crippen LogP contribution in [0.15, 0.2) is 48.7 Å². The highest BCUT2D eigenvalue weighted by Gasteiger charge is 2.33. The van der Waals surface area contributed by atoms with Crippen LogP contribution in [0.2, 0.25) is 0 Å². The Labute approximate surface area is 195 Å². The number of carbonyl (C=O) groups excluding carboxylic acids is 1. The van der Waals surface area contributed by atoms with Crippen LogP contribution in [0.5, 0.6) is 5.75 Å². The average Bonchev–Trinajstić information content (AvgIpc) is 3.46. The second-order valence-electron chi connectivity index (χ2n) is 9.47. The van der Waals surface area contributed by atoms with E-state index in [-0.39, 0.29) is 12.1 Å². The van der Waals surface area contributed by atoms with Crippen LogP contribution in [-0.4, -0.2) is 41.2 Å². The smallest absolute Gasteiger partial charge is 0.323 e. The summed E-state index contributed by atoms with van der Waals surface area (Å²) in [6.45, 7) is 6.56. The molecule has 3 atom stereocenters. The van der Waals surface area contributed by atoms with E-state index in [2.05, 4.69) is 45.8 Å². The van der Waals surface area contributed by atoms with Gasteiger partial charge in [-0.15, -0.1) is 0 Å². The van der Waals surface area contributed by atoms with E-state index < -0.39 is 0 Å². The van der Waals surface area contributed by atoms with Crippen molar-refractivity contribution in [2.75, 3.05) is 23.7 Å². The highest BCUT2D eigenvalue weighted by molar-refractivity contribution is 6.02. The number of para-hydroxylation sites is 2. The Bertz CT molecular complexity index is 1120. The van der Waals surface area contributed by atoms with E-state index in [0.29, 0.717) is 17.4 Å². The van der Waals surface area contributed by atoms with E-state index in [1.54, 1.807) is 0 Å². The molecule has 3 aromatic rings. The summed E-state index contributed by atoms with van der Waals surface area (Å²) in [6.07, 6.45) is 8.26. The zero-order chi connectivity index (χ0) is 22.8. The summed E-state index contributed by atoms with van der Waals surface area (Å²) in [6, 6.07) is 14.1. The number of nitrogens with one attached hydrogen (secondary N) is 3. The van der Waals surface area contributed by atoms with Crippen molar-refractivity contribution < 1.29 is 9.53 Å². The number of urea groups is 1. The Kier molecular flexibility index (Phi) is 6.27. The van der Waals surface area contributed by atoms with Gasteiger partial charge in [-0.25, -0.2) is 4.79 Å². The standard InChI is InChI=1S/C27H34N4O2/c1-3-18(2)33-26-9-5-4-8-25(26)30-27(32)29-20-10-11-24-22(16-20)23(17-28-24)19-12-14-31-13-6-7-21(31)15-19/h4-5,8-11,16-19,21,28H,3,6-7,12-15H2,1-2H3,(H2,29,30,32). The maximum Gasteiger partial charge on any atom is 0.323 e. The molecule has 6 nitrogen and oxygen atoms in total. The number of nitrogens with zero attached hydrogens (tertiary/aromatic N) is 1. The largest absolute Gasteiger partial charge is 0.489 e. The molecule has 3 N–H and O–H groups in total. The molecule has 0 spiro atoms. The number of H-pyrrole nitrogens is 1. The number of benzene rings is 2. The van der Waals surface area contributed by atoms with Gasteiger partial charge in [-0.1, -0.05) is 19.1 Å².